The summed E-state index contributed by atoms with van der Waals surface area (Å²) in [4.78, 5) is 10.9. The van der Waals surface area contributed by atoms with E-state index in [0.717, 1.165) is 13.0 Å². The van der Waals surface area contributed by atoms with Crippen molar-refractivity contribution in [2.75, 3.05) is 17.6 Å². The molecule has 0 fully saturated rings. The molecule has 1 rings (SSSR count). The van der Waals surface area contributed by atoms with E-state index >= 15 is 0 Å². The molecule has 0 aliphatic carbocycles. The van der Waals surface area contributed by atoms with Gasteiger partial charge in [0.25, 0.3) is 0 Å². The average Bonchev–Trinajstić information content (AvgIpc) is 2.16. The van der Waals surface area contributed by atoms with E-state index in [4.69, 9.17) is 18.0 Å². The smallest absolute Gasteiger partial charge is 0.223 e. The molecule has 3 N–H and O–H groups in total. The number of hydrogen-bond acceptors (Lipinski definition) is 4. The Hall–Kier alpha value is -0.900. The number of nitrogen functional groups attached to an aromatic ring is 1. The molecule has 0 heterocycles. The largest absolute Gasteiger partial charge is 0.394 e. The molecule has 3 nitrogen and oxygen atoms in total. The fourth-order valence-electron chi connectivity index (χ4n) is 1.17. The molecule has 4 heteroatoms. The van der Waals surface area contributed by atoms with Gasteiger partial charge in [-0.15, -0.1) is 0 Å². The quantitative estimate of drug-likeness (QED) is 0.560. The van der Waals surface area contributed by atoms with Crippen molar-refractivity contribution in [1.29, 1.82) is 0 Å². The van der Waals surface area contributed by atoms with Crippen molar-refractivity contribution in [2.45, 2.75) is 26.2 Å². The Kier molecular flexibility index (Phi) is 3.42. The molecule has 0 aliphatic heterocycles. The number of rotatable bonds is 5. The lowest BCUT2D eigenvalue weighted by atomic mass is 10.2. The maximum Gasteiger partial charge on any atom is 0.223 e. The van der Waals surface area contributed by atoms with Gasteiger partial charge in [-0.1, -0.05) is 32.0 Å². The molecule has 0 radical (unpaired) electrons. The van der Waals surface area contributed by atoms with E-state index < -0.39 is 0 Å². The molecule has 0 aromatic heterocycles. The van der Waals surface area contributed by atoms with Crippen molar-refractivity contribution >= 4 is 23.6 Å². The zero-order chi connectivity index (χ0) is 9.84. The lowest BCUT2D eigenvalue weighted by Gasteiger charge is -2.10. The minimum absolute atomic E-state index is 0.187. The normalized spacial score (nSPS) is 10.5. The molecule has 0 aliphatic rings. The van der Waals surface area contributed by atoms with Gasteiger partial charge in [-0.3, -0.25) is 4.79 Å². The molecule has 0 unspecified atom stereocenters. The summed E-state index contributed by atoms with van der Waals surface area (Å²) in [5.74, 6) is 0. The van der Waals surface area contributed by atoms with E-state index in [9.17, 15) is 4.79 Å². The van der Waals surface area contributed by atoms with Crippen LogP contribution in [0.15, 0.2) is 4.79 Å². The van der Waals surface area contributed by atoms with Gasteiger partial charge in [0, 0.05) is 6.54 Å². The molecule has 0 spiro atoms. The molecular weight excluding hydrogens is 184 g/mol. The Morgan fingerprint density at radius 2 is 2.15 bits per heavy atom. The molecule has 0 atom stereocenters. The lowest BCUT2D eigenvalue weighted by molar-refractivity contribution is 0.743. The van der Waals surface area contributed by atoms with Gasteiger partial charge in [0.2, 0.25) is 5.43 Å². The van der Waals surface area contributed by atoms with Gasteiger partial charge in [0.15, 0.2) is 0 Å². The third kappa shape index (κ3) is 2.06. The second-order valence-electron chi connectivity index (χ2n) is 3.08. The van der Waals surface area contributed by atoms with Gasteiger partial charge in [-0.2, -0.15) is 0 Å². The van der Waals surface area contributed by atoms with E-state index in [2.05, 4.69) is 12.2 Å². The highest BCUT2D eigenvalue weighted by Gasteiger charge is 2.12. The van der Waals surface area contributed by atoms with Crippen molar-refractivity contribution in [3.05, 3.63) is 14.7 Å². The predicted octanol–water partition coefficient (Wildman–Crippen LogP) is 1.84. The first-order chi connectivity index (χ1) is 6.18. The minimum Gasteiger partial charge on any atom is -0.394 e. The van der Waals surface area contributed by atoms with Crippen LogP contribution in [0.4, 0.5) is 11.4 Å². The highest BCUT2D eigenvalue weighted by molar-refractivity contribution is 7.71. The predicted molar refractivity (Wildman–Crippen MR) is 58.3 cm³/mol. The molecule has 0 saturated carbocycles. The van der Waals surface area contributed by atoms with E-state index in [0.29, 0.717) is 15.9 Å². The fraction of sp³-hybridized carbons (Fsp3) is 0.556. The maximum atomic E-state index is 10.9. The van der Waals surface area contributed by atoms with Crippen LogP contribution in [0, 0.1) is 4.51 Å². The van der Waals surface area contributed by atoms with Gasteiger partial charge in [-0.25, -0.2) is 0 Å². The summed E-state index contributed by atoms with van der Waals surface area (Å²) >= 11 is 4.83. The van der Waals surface area contributed by atoms with Crippen LogP contribution in [0.1, 0.15) is 26.2 Å². The first kappa shape index (κ1) is 10.2. The Morgan fingerprint density at radius 3 is 2.69 bits per heavy atom. The van der Waals surface area contributed by atoms with Crippen LogP contribution in [0.2, 0.25) is 0 Å². The van der Waals surface area contributed by atoms with Crippen molar-refractivity contribution < 1.29 is 0 Å². The minimum atomic E-state index is -0.187. The Morgan fingerprint density at radius 1 is 1.46 bits per heavy atom. The van der Waals surface area contributed by atoms with Gasteiger partial charge in [0.1, 0.15) is 10.2 Å². The van der Waals surface area contributed by atoms with Gasteiger partial charge < -0.3 is 11.1 Å². The monoisotopic (exact) mass is 198 g/mol. The van der Waals surface area contributed by atoms with Gasteiger partial charge in [-0.05, 0) is 6.42 Å². The van der Waals surface area contributed by atoms with E-state index in [1.807, 2.05) is 0 Å². The summed E-state index contributed by atoms with van der Waals surface area (Å²) in [6.45, 7) is 2.99. The van der Waals surface area contributed by atoms with Gasteiger partial charge in [0.05, 0.1) is 5.69 Å². The zero-order valence-electron chi connectivity index (χ0n) is 7.72. The van der Waals surface area contributed by atoms with Crippen molar-refractivity contribution in [3.63, 3.8) is 0 Å². The second kappa shape index (κ2) is 4.37. The average molecular weight is 198 g/mol. The molecule has 0 saturated heterocycles. The molecule has 1 aromatic rings. The first-order valence-corrected chi connectivity index (χ1v) is 4.92. The number of anilines is 2. The van der Waals surface area contributed by atoms with Crippen molar-refractivity contribution in [2.24, 2.45) is 0 Å². The van der Waals surface area contributed by atoms with Crippen LogP contribution in [-0.4, -0.2) is 6.54 Å². The maximum absolute atomic E-state index is 10.9. The van der Waals surface area contributed by atoms with Crippen LogP contribution in [0.25, 0.3) is 0 Å². The fourth-order valence-corrected chi connectivity index (χ4v) is 1.47. The topological polar surface area (TPSA) is 55.1 Å². The van der Waals surface area contributed by atoms with Crippen molar-refractivity contribution in [1.82, 2.24) is 0 Å². The van der Waals surface area contributed by atoms with Gasteiger partial charge >= 0.3 is 0 Å². The Balaban J connectivity index is 2.39. The Bertz CT molecular complexity index is 352. The summed E-state index contributed by atoms with van der Waals surface area (Å²) in [7, 11) is 0. The van der Waals surface area contributed by atoms with Crippen LogP contribution >= 0.6 is 12.2 Å². The highest BCUT2D eigenvalue weighted by atomic mass is 32.1. The summed E-state index contributed by atoms with van der Waals surface area (Å²) in [6.07, 6.45) is 3.45. The van der Waals surface area contributed by atoms with Crippen LogP contribution < -0.4 is 16.5 Å². The molecular formula is C9H14N2OS. The summed E-state index contributed by atoms with van der Waals surface area (Å²) < 4.78 is 0.356. The highest BCUT2D eigenvalue weighted by Crippen LogP contribution is 2.18. The first-order valence-electron chi connectivity index (χ1n) is 4.51. The molecule has 0 amide bonds. The third-order valence-electron chi connectivity index (χ3n) is 2.03. The number of hydrogen-bond donors (Lipinski definition) is 2. The third-order valence-corrected chi connectivity index (χ3v) is 2.42. The van der Waals surface area contributed by atoms with Crippen LogP contribution in [0.5, 0.6) is 0 Å². The van der Waals surface area contributed by atoms with E-state index in [-0.39, 0.29) is 5.43 Å². The standard InChI is InChI=1S/C9H14N2OS/c1-2-3-4-5-11-7-6(10)8(12)9(7)13/h11H,2-5,10H2,1H3. The molecule has 72 valence electrons. The molecule has 0 bridgehead atoms. The summed E-state index contributed by atoms with van der Waals surface area (Å²) in [5.41, 5.74) is 6.23. The number of nitrogens with one attached hydrogen (secondary N) is 1. The van der Waals surface area contributed by atoms with E-state index in [1.54, 1.807) is 0 Å². The van der Waals surface area contributed by atoms with E-state index in [1.165, 1.54) is 12.8 Å². The van der Waals surface area contributed by atoms with Crippen LogP contribution in [-0.2, 0) is 0 Å². The molecule has 13 heavy (non-hydrogen) atoms. The number of nitrogens with two attached hydrogens (primary N) is 1. The number of unbranched alkanes of at least 4 members (excludes halogenated alkanes) is 2. The zero-order valence-corrected chi connectivity index (χ0v) is 8.54. The Labute approximate surface area is 82.6 Å². The summed E-state index contributed by atoms with van der Waals surface area (Å²) in [6, 6.07) is 0. The summed E-state index contributed by atoms with van der Waals surface area (Å²) in [5, 5.41) is 3.08. The van der Waals surface area contributed by atoms with Crippen molar-refractivity contribution in [3.8, 4) is 0 Å². The lowest BCUT2D eigenvalue weighted by Crippen LogP contribution is -2.20. The SMILES string of the molecule is CCCCCNc1c(N)c(=O)c1=S. The second-order valence-corrected chi connectivity index (χ2v) is 3.49. The van der Waals surface area contributed by atoms with Crippen LogP contribution in [0.3, 0.4) is 0 Å². The molecule has 1 aromatic carbocycles.